The number of hydrogen-bond donors (Lipinski definition) is 2. The third-order valence-corrected chi connectivity index (χ3v) is 6.68. The van der Waals surface area contributed by atoms with Crippen LogP contribution in [0.4, 0.5) is 5.69 Å². The van der Waals surface area contributed by atoms with Gasteiger partial charge in [-0.15, -0.1) is 0 Å². The molecule has 0 spiro atoms. The van der Waals surface area contributed by atoms with Gasteiger partial charge in [-0.2, -0.15) is 0 Å². The van der Waals surface area contributed by atoms with Crippen molar-refractivity contribution in [3.05, 3.63) is 59.2 Å². The van der Waals surface area contributed by atoms with Crippen molar-refractivity contribution < 1.29 is 19.0 Å². The molecule has 170 valence electrons. The highest BCUT2D eigenvalue weighted by molar-refractivity contribution is 6.01. The molecular weight excluding hydrogens is 404 g/mol. The van der Waals surface area contributed by atoms with Gasteiger partial charge in [0.2, 0.25) is 5.75 Å². The average molecular weight is 437 g/mol. The van der Waals surface area contributed by atoms with E-state index in [2.05, 4.69) is 35.8 Å². The van der Waals surface area contributed by atoms with E-state index in [1.165, 1.54) is 5.56 Å². The molecule has 0 radical (unpaired) electrons. The Balaban J connectivity index is 1.79. The summed E-state index contributed by atoms with van der Waals surface area (Å²) in [4.78, 5) is 13.1. The maximum Gasteiger partial charge on any atom is 0.253 e. The fraction of sp³-hybridized carbons (Fsp3) is 0.423. The molecule has 6 nitrogen and oxygen atoms in total. The number of fused-ring (bicyclic) bond motifs is 3. The van der Waals surface area contributed by atoms with E-state index in [0.29, 0.717) is 28.7 Å². The predicted octanol–water partition coefficient (Wildman–Crippen LogP) is 5.07. The van der Waals surface area contributed by atoms with Gasteiger partial charge in [-0.1, -0.05) is 31.2 Å². The van der Waals surface area contributed by atoms with Gasteiger partial charge in [0.1, 0.15) is 0 Å². The summed E-state index contributed by atoms with van der Waals surface area (Å²) in [7, 11) is 4.86. The highest BCUT2D eigenvalue weighted by Crippen LogP contribution is 2.52. The Morgan fingerprint density at radius 2 is 1.88 bits per heavy atom. The van der Waals surface area contributed by atoms with Gasteiger partial charge in [-0.3, -0.25) is 4.79 Å². The van der Waals surface area contributed by atoms with Gasteiger partial charge in [0.15, 0.2) is 11.5 Å². The molecule has 2 aromatic rings. The monoisotopic (exact) mass is 436 g/mol. The van der Waals surface area contributed by atoms with Crippen LogP contribution in [0, 0.1) is 5.92 Å². The van der Waals surface area contributed by atoms with Gasteiger partial charge in [0.05, 0.1) is 38.6 Å². The average Bonchev–Trinajstić information content (AvgIpc) is 3.32. The molecule has 4 rings (SSSR count). The lowest BCUT2D eigenvalue weighted by Gasteiger charge is -2.38. The summed E-state index contributed by atoms with van der Waals surface area (Å²) in [6, 6.07) is 10.1. The van der Waals surface area contributed by atoms with Crippen molar-refractivity contribution in [3.63, 3.8) is 0 Å². The number of carbonyl (C=O) groups is 1. The first-order valence-corrected chi connectivity index (χ1v) is 11.2. The van der Waals surface area contributed by atoms with E-state index < -0.39 is 0 Å². The van der Waals surface area contributed by atoms with E-state index in [4.69, 9.17) is 14.2 Å². The maximum absolute atomic E-state index is 13.1. The van der Waals surface area contributed by atoms with Crippen LogP contribution in [0.5, 0.6) is 17.2 Å². The van der Waals surface area contributed by atoms with E-state index >= 15 is 0 Å². The first kappa shape index (κ1) is 22.1. The molecule has 1 aliphatic carbocycles. The molecule has 6 heteroatoms. The number of carbonyl (C=O) groups excluding carboxylic acids is 1. The standard InChI is InChI=1S/C26H32N2O4/c1-6-15(2)27-26(29)20-12-8-11-19-17-9-7-10-18(17)23(28-24(19)20)16-13-21(30-3)25(32-5)22(14-16)31-4/h7-9,11-15,17-18,23,28H,6,10H2,1-5H3,(H,27,29). The second kappa shape index (κ2) is 9.15. The number of amides is 1. The molecule has 1 aliphatic heterocycles. The second-order valence-corrected chi connectivity index (χ2v) is 8.49. The number of hydrogen-bond acceptors (Lipinski definition) is 5. The lowest BCUT2D eigenvalue weighted by Crippen LogP contribution is -2.35. The molecule has 2 aliphatic rings. The highest BCUT2D eigenvalue weighted by Gasteiger charge is 2.40. The zero-order chi connectivity index (χ0) is 22.8. The quantitative estimate of drug-likeness (QED) is 0.593. The van der Waals surface area contributed by atoms with Gasteiger partial charge in [-0.25, -0.2) is 0 Å². The fourth-order valence-corrected chi connectivity index (χ4v) is 4.83. The second-order valence-electron chi connectivity index (χ2n) is 8.49. The molecule has 4 atom stereocenters. The third kappa shape index (κ3) is 3.78. The summed E-state index contributed by atoms with van der Waals surface area (Å²) in [6.45, 7) is 4.09. The zero-order valence-corrected chi connectivity index (χ0v) is 19.4. The topological polar surface area (TPSA) is 68.8 Å². The van der Waals surface area contributed by atoms with Gasteiger partial charge in [0, 0.05) is 12.0 Å². The minimum atomic E-state index is -0.0484. The number of methoxy groups -OCH3 is 3. The molecule has 0 bridgehead atoms. The van der Waals surface area contributed by atoms with Crippen molar-refractivity contribution in [2.45, 2.75) is 44.7 Å². The van der Waals surface area contributed by atoms with E-state index in [0.717, 1.165) is 24.1 Å². The highest BCUT2D eigenvalue weighted by atomic mass is 16.5. The number of rotatable bonds is 7. The molecule has 0 aromatic heterocycles. The summed E-state index contributed by atoms with van der Waals surface area (Å²) in [5.74, 6) is 2.35. The van der Waals surface area contributed by atoms with Crippen molar-refractivity contribution in [1.29, 1.82) is 0 Å². The van der Waals surface area contributed by atoms with Crippen LogP contribution in [0.25, 0.3) is 0 Å². The molecule has 1 amide bonds. The Bertz CT molecular complexity index is 1010. The molecular formula is C26H32N2O4. The number of nitrogens with one attached hydrogen (secondary N) is 2. The molecule has 2 aromatic carbocycles. The Morgan fingerprint density at radius 3 is 2.50 bits per heavy atom. The van der Waals surface area contributed by atoms with Crippen LogP contribution < -0.4 is 24.8 Å². The van der Waals surface area contributed by atoms with Crippen LogP contribution in [0.3, 0.4) is 0 Å². The molecule has 2 N–H and O–H groups in total. The lowest BCUT2D eigenvalue weighted by atomic mass is 9.76. The summed E-state index contributed by atoms with van der Waals surface area (Å²) in [5.41, 5.74) is 3.80. The van der Waals surface area contributed by atoms with Crippen LogP contribution in [0.15, 0.2) is 42.5 Å². The third-order valence-electron chi connectivity index (χ3n) is 6.68. The summed E-state index contributed by atoms with van der Waals surface area (Å²) >= 11 is 0. The largest absolute Gasteiger partial charge is 0.493 e. The summed E-state index contributed by atoms with van der Waals surface area (Å²) < 4.78 is 16.7. The number of anilines is 1. The first-order valence-electron chi connectivity index (χ1n) is 11.2. The van der Waals surface area contributed by atoms with Crippen molar-refractivity contribution in [2.24, 2.45) is 5.92 Å². The SMILES string of the molecule is CCC(C)NC(=O)c1cccc2c1NC(c1cc(OC)c(OC)c(OC)c1)C1CC=CC21. The lowest BCUT2D eigenvalue weighted by molar-refractivity contribution is 0.0939. The van der Waals surface area contributed by atoms with E-state index in [1.54, 1.807) is 21.3 Å². The van der Waals surface area contributed by atoms with Gasteiger partial charge >= 0.3 is 0 Å². The van der Waals surface area contributed by atoms with E-state index in [-0.39, 0.29) is 23.9 Å². The normalized spacial score (nSPS) is 21.7. The Hall–Kier alpha value is -3.15. The Labute approximate surface area is 189 Å². The van der Waals surface area contributed by atoms with Gasteiger partial charge in [0.25, 0.3) is 5.91 Å². The molecule has 1 heterocycles. The Morgan fingerprint density at radius 1 is 1.16 bits per heavy atom. The van der Waals surface area contributed by atoms with Crippen LogP contribution in [-0.2, 0) is 0 Å². The molecule has 0 saturated carbocycles. The molecule has 32 heavy (non-hydrogen) atoms. The molecule has 4 unspecified atom stereocenters. The van der Waals surface area contributed by atoms with Crippen molar-refractivity contribution >= 4 is 11.6 Å². The summed E-state index contributed by atoms with van der Waals surface area (Å²) in [6.07, 6.45) is 6.35. The minimum absolute atomic E-state index is 0.00578. The maximum atomic E-state index is 13.1. The smallest absolute Gasteiger partial charge is 0.253 e. The number of ether oxygens (including phenoxy) is 3. The fourth-order valence-electron chi connectivity index (χ4n) is 4.83. The zero-order valence-electron chi connectivity index (χ0n) is 19.4. The van der Waals surface area contributed by atoms with Crippen LogP contribution >= 0.6 is 0 Å². The van der Waals surface area contributed by atoms with Crippen molar-refractivity contribution in [3.8, 4) is 17.2 Å². The number of benzene rings is 2. The molecule has 0 saturated heterocycles. The van der Waals surface area contributed by atoms with E-state index in [1.807, 2.05) is 31.2 Å². The van der Waals surface area contributed by atoms with Crippen molar-refractivity contribution in [1.82, 2.24) is 5.32 Å². The molecule has 0 fully saturated rings. The minimum Gasteiger partial charge on any atom is -0.493 e. The van der Waals surface area contributed by atoms with Crippen molar-refractivity contribution in [2.75, 3.05) is 26.6 Å². The number of allylic oxidation sites excluding steroid dienone is 2. The van der Waals surface area contributed by atoms with Gasteiger partial charge < -0.3 is 24.8 Å². The van der Waals surface area contributed by atoms with Crippen LogP contribution in [0.1, 0.15) is 60.1 Å². The number of para-hydroxylation sites is 1. The summed E-state index contributed by atoms with van der Waals surface area (Å²) in [5, 5.41) is 6.82. The van der Waals surface area contributed by atoms with Gasteiger partial charge in [-0.05, 0) is 55.0 Å². The first-order chi connectivity index (χ1) is 15.5. The Kier molecular flexibility index (Phi) is 6.31. The van der Waals surface area contributed by atoms with Crippen LogP contribution in [-0.4, -0.2) is 33.3 Å². The predicted molar refractivity (Wildman–Crippen MR) is 126 cm³/mol. The van der Waals surface area contributed by atoms with Crippen LogP contribution in [0.2, 0.25) is 0 Å². The van der Waals surface area contributed by atoms with E-state index in [9.17, 15) is 4.79 Å².